The summed E-state index contributed by atoms with van der Waals surface area (Å²) in [4.78, 5) is 3.63. The molecule has 15 heavy (non-hydrogen) atoms. The first-order valence-corrected chi connectivity index (χ1v) is 6.46. The van der Waals surface area contributed by atoms with Crippen molar-refractivity contribution in [1.82, 2.24) is 0 Å². The fraction of sp³-hybridized carbons (Fsp3) is 0.455. The number of thioether (sulfide) groups is 1. The number of nitrogens with two attached hydrogens (primary N) is 1. The van der Waals surface area contributed by atoms with Gasteiger partial charge in [0.05, 0.1) is 5.69 Å². The van der Waals surface area contributed by atoms with Crippen molar-refractivity contribution in [2.75, 3.05) is 23.7 Å². The molecule has 1 aliphatic rings. The van der Waals surface area contributed by atoms with Crippen molar-refractivity contribution in [3.8, 4) is 0 Å². The average Bonchev–Trinajstić information content (AvgIpc) is 2.18. The number of halogens is 1. The molecule has 0 aromatic heterocycles. The Morgan fingerprint density at radius 3 is 3.13 bits per heavy atom. The van der Waals surface area contributed by atoms with Gasteiger partial charge in [0.15, 0.2) is 0 Å². The molecule has 1 aromatic rings. The van der Waals surface area contributed by atoms with Gasteiger partial charge in [0.1, 0.15) is 0 Å². The van der Waals surface area contributed by atoms with Crippen LogP contribution < -0.4 is 10.6 Å². The maximum Gasteiger partial charge on any atom is 0.0520 e. The molecule has 0 aliphatic carbocycles. The molecule has 2 nitrogen and oxygen atoms in total. The summed E-state index contributed by atoms with van der Waals surface area (Å²) in [5, 5.41) is 0.797. The first-order chi connectivity index (χ1) is 7.16. The van der Waals surface area contributed by atoms with Gasteiger partial charge >= 0.3 is 0 Å². The molecule has 1 heterocycles. The van der Waals surface area contributed by atoms with Crippen molar-refractivity contribution in [2.24, 2.45) is 5.73 Å². The molecule has 0 saturated carbocycles. The number of nitrogens with zero attached hydrogens (tertiary/aromatic N) is 1. The summed E-state index contributed by atoms with van der Waals surface area (Å²) in [6.45, 7) is 3.99. The van der Waals surface area contributed by atoms with Gasteiger partial charge in [-0.05, 0) is 25.1 Å². The van der Waals surface area contributed by atoms with Crippen LogP contribution in [-0.2, 0) is 0 Å². The number of hydrogen-bond donors (Lipinski definition) is 1. The Kier molecular flexibility index (Phi) is 3.44. The fourth-order valence-electron chi connectivity index (χ4n) is 1.78. The molecule has 1 aliphatic heterocycles. The van der Waals surface area contributed by atoms with E-state index in [1.807, 2.05) is 30.8 Å². The van der Waals surface area contributed by atoms with Gasteiger partial charge in [-0.2, -0.15) is 0 Å². The zero-order valence-electron chi connectivity index (χ0n) is 8.74. The predicted octanol–water partition coefficient (Wildman–Crippen LogP) is 2.60. The van der Waals surface area contributed by atoms with Gasteiger partial charge in [-0.1, -0.05) is 11.6 Å². The van der Waals surface area contributed by atoms with Crippen LogP contribution in [0.1, 0.15) is 6.92 Å². The normalized spacial score (nSPS) is 17.4. The lowest BCUT2D eigenvalue weighted by atomic mass is 10.2. The highest BCUT2D eigenvalue weighted by Crippen LogP contribution is 2.36. The molecular weight excluding hydrogens is 228 g/mol. The minimum absolute atomic E-state index is 0.194. The van der Waals surface area contributed by atoms with E-state index in [1.54, 1.807) is 0 Å². The van der Waals surface area contributed by atoms with Crippen LogP contribution in [0.15, 0.2) is 23.1 Å². The van der Waals surface area contributed by atoms with E-state index in [4.69, 9.17) is 17.3 Å². The second kappa shape index (κ2) is 4.64. The van der Waals surface area contributed by atoms with Gasteiger partial charge in [-0.15, -0.1) is 11.8 Å². The van der Waals surface area contributed by atoms with Crippen molar-refractivity contribution >= 4 is 29.1 Å². The maximum atomic E-state index is 6.01. The molecule has 2 N–H and O–H groups in total. The molecule has 0 radical (unpaired) electrons. The smallest absolute Gasteiger partial charge is 0.0520 e. The highest BCUT2D eigenvalue weighted by atomic mass is 35.5. The van der Waals surface area contributed by atoms with Crippen LogP contribution >= 0.6 is 23.4 Å². The van der Waals surface area contributed by atoms with Gasteiger partial charge in [-0.25, -0.2) is 0 Å². The van der Waals surface area contributed by atoms with Gasteiger partial charge < -0.3 is 10.6 Å². The molecular formula is C11H15ClN2S. The van der Waals surface area contributed by atoms with E-state index in [9.17, 15) is 0 Å². The van der Waals surface area contributed by atoms with Gasteiger partial charge in [0.25, 0.3) is 0 Å². The molecule has 0 amide bonds. The lowest BCUT2D eigenvalue weighted by molar-refractivity contribution is 0.684. The van der Waals surface area contributed by atoms with Gasteiger partial charge in [0, 0.05) is 34.8 Å². The lowest BCUT2D eigenvalue weighted by Gasteiger charge is -2.32. The molecule has 0 spiro atoms. The standard InChI is InChI=1S/C11H15ClN2S/c1-8(13)7-14-4-5-15-11-3-2-9(12)6-10(11)14/h2-3,6,8H,4-5,7,13H2,1H3. The maximum absolute atomic E-state index is 6.01. The average molecular weight is 243 g/mol. The first kappa shape index (κ1) is 11.1. The highest BCUT2D eigenvalue weighted by molar-refractivity contribution is 7.99. The second-order valence-corrected chi connectivity index (χ2v) is 5.46. The topological polar surface area (TPSA) is 29.3 Å². The van der Waals surface area contributed by atoms with Crippen LogP contribution in [0.3, 0.4) is 0 Å². The fourth-order valence-corrected chi connectivity index (χ4v) is 2.98. The Bertz CT molecular complexity index is 354. The minimum atomic E-state index is 0.194. The SMILES string of the molecule is CC(N)CN1CCSc2ccc(Cl)cc21. The zero-order valence-corrected chi connectivity index (χ0v) is 10.3. The summed E-state index contributed by atoms with van der Waals surface area (Å²) >= 11 is 7.90. The van der Waals surface area contributed by atoms with Crippen molar-refractivity contribution in [3.63, 3.8) is 0 Å². The molecule has 0 fully saturated rings. The Balaban J connectivity index is 2.28. The predicted molar refractivity (Wildman–Crippen MR) is 68.0 cm³/mol. The van der Waals surface area contributed by atoms with Crippen LogP contribution in [0.2, 0.25) is 5.02 Å². The van der Waals surface area contributed by atoms with E-state index in [0.29, 0.717) is 0 Å². The van der Waals surface area contributed by atoms with Crippen molar-refractivity contribution < 1.29 is 0 Å². The second-order valence-electron chi connectivity index (χ2n) is 3.88. The van der Waals surface area contributed by atoms with Crippen molar-refractivity contribution in [2.45, 2.75) is 17.9 Å². The Labute approximate surface area is 99.8 Å². The van der Waals surface area contributed by atoms with Crippen LogP contribution in [-0.4, -0.2) is 24.9 Å². The van der Waals surface area contributed by atoms with Crippen LogP contribution in [0.25, 0.3) is 0 Å². The van der Waals surface area contributed by atoms with Gasteiger partial charge in [0.2, 0.25) is 0 Å². The Morgan fingerprint density at radius 1 is 1.60 bits per heavy atom. The third-order valence-electron chi connectivity index (χ3n) is 2.39. The van der Waals surface area contributed by atoms with E-state index >= 15 is 0 Å². The summed E-state index contributed by atoms with van der Waals surface area (Å²) in [6, 6.07) is 6.27. The summed E-state index contributed by atoms with van der Waals surface area (Å²) in [5.41, 5.74) is 7.07. The van der Waals surface area contributed by atoms with E-state index in [1.165, 1.54) is 10.6 Å². The highest BCUT2D eigenvalue weighted by Gasteiger charge is 2.18. The van der Waals surface area contributed by atoms with Crippen LogP contribution in [0.4, 0.5) is 5.69 Å². The third-order valence-corrected chi connectivity index (χ3v) is 3.67. The number of benzene rings is 1. The van der Waals surface area contributed by atoms with Crippen molar-refractivity contribution in [3.05, 3.63) is 23.2 Å². The summed E-state index contributed by atoms with van der Waals surface area (Å²) in [6.07, 6.45) is 0. The Morgan fingerprint density at radius 2 is 2.40 bits per heavy atom. The molecule has 1 aromatic carbocycles. The van der Waals surface area contributed by atoms with E-state index < -0.39 is 0 Å². The molecule has 2 rings (SSSR count). The molecule has 1 atom stereocenters. The number of fused-ring (bicyclic) bond motifs is 1. The van der Waals surface area contributed by atoms with Crippen LogP contribution in [0, 0.1) is 0 Å². The summed E-state index contributed by atoms with van der Waals surface area (Å²) in [5.74, 6) is 1.13. The monoisotopic (exact) mass is 242 g/mol. The van der Waals surface area contributed by atoms with E-state index in [0.717, 1.165) is 23.9 Å². The Hall–Kier alpha value is -0.380. The summed E-state index contributed by atoms with van der Waals surface area (Å²) < 4.78 is 0. The molecule has 82 valence electrons. The number of hydrogen-bond acceptors (Lipinski definition) is 3. The van der Waals surface area contributed by atoms with E-state index in [-0.39, 0.29) is 6.04 Å². The summed E-state index contributed by atoms with van der Waals surface area (Å²) in [7, 11) is 0. The quantitative estimate of drug-likeness (QED) is 0.865. The molecule has 0 saturated heterocycles. The van der Waals surface area contributed by atoms with E-state index in [2.05, 4.69) is 11.0 Å². The molecule has 0 bridgehead atoms. The molecule has 1 unspecified atom stereocenters. The molecule has 4 heteroatoms. The van der Waals surface area contributed by atoms with Crippen LogP contribution in [0.5, 0.6) is 0 Å². The first-order valence-electron chi connectivity index (χ1n) is 5.09. The van der Waals surface area contributed by atoms with Gasteiger partial charge in [-0.3, -0.25) is 0 Å². The third kappa shape index (κ3) is 2.60. The lowest BCUT2D eigenvalue weighted by Crippen LogP contribution is -2.38. The van der Waals surface area contributed by atoms with Crippen molar-refractivity contribution in [1.29, 1.82) is 0 Å². The number of rotatable bonds is 2. The largest absolute Gasteiger partial charge is 0.368 e. The number of anilines is 1. The zero-order chi connectivity index (χ0) is 10.8. The minimum Gasteiger partial charge on any atom is -0.368 e.